The van der Waals surface area contributed by atoms with E-state index in [-0.39, 0.29) is 24.8 Å². The topological polar surface area (TPSA) is 75.8 Å². The average Bonchev–Trinajstić information content (AvgIpc) is 3.09. The molecule has 0 aliphatic heterocycles. The summed E-state index contributed by atoms with van der Waals surface area (Å²) in [5.74, 6) is 0.563. The largest absolute Gasteiger partial charge is 0.453 e. The molecule has 108 valence electrons. The Morgan fingerprint density at radius 3 is 3.05 bits per heavy atom. The Bertz CT molecular complexity index is 538. The highest BCUT2D eigenvalue weighted by Crippen LogP contribution is 2.14. The molecule has 0 aromatic carbocycles. The van der Waals surface area contributed by atoms with Gasteiger partial charge >= 0.3 is 0 Å². The predicted molar refractivity (Wildman–Crippen MR) is 73.4 cm³/mol. The Hall–Kier alpha value is -1.70. The van der Waals surface area contributed by atoms with E-state index in [1.165, 1.54) is 16.2 Å². The normalized spacial score (nSPS) is 10.7. The maximum atomic E-state index is 12.3. The van der Waals surface area contributed by atoms with Crippen LogP contribution in [0.5, 0.6) is 0 Å². The van der Waals surface area contributed by atoms with Gasteiger partial charge in [-0.2, -0.15) is 0 Å². The number of ether oxygens (including phenoxy) is 1. The van der Waals surface area contributed by atoms with Crippen LogP contribution in [0.3, 0.4) is 0 Å². The van der Waals surface area contributed by atoms with E-state index >= 15 is 0 Å². The fourth-order valence-electron chi connectivity index (χ4n) is 1.74. The van der Waals surface area contributed by atoms with Gasteiger partial charge in [-0.3, -0.25) is 4.79 Å². The van der Waals surface area contributed by atoms with E-state index < -0.39 is 0 Å². The van der Waals surface area contributed by atoms with Gasteiger partial charge in [0, 0.05) is 25.2 Å². The summed E-state index contributed by atoms with van der Waals surface area (Å²) >= 11 is 1.47. The monoisotopic (exact) mass is 296 g/mol. The molecule has 0 radical (unpaired) electrons. The fraction of sp³-hybridized carbons (Fsp3) is 0.385. The molecule has 2 aromatic heterocycles. The summed E-state index contributed by atoms with van der Waals surface area (Å²) < 4.78 is 10.4. The summed E-state index contributed by atoms with van der Waals surface area (Å²) in [6.07, 6.45) is 1.69. The van der Waals surface area contributed by atoms with Crippen molar-refractivity contribution in [2.24, 2.45) is 0 Å². The number of aromatic nitrogens is 1. The van der Waals surface area contributed by atoms with Gasteiger partial charge in [-0.15, -0.1) is 11.3 Å². The van der Waals surface area contributed by atoms with Crippen molar-refractivity contribution in [3.8, 4) is 0 Å². The number of hydrogen-bond donors (Lipinski definition) is 1. The van der Waals surface area contributed by atoms with Gasteiger partial charge in [-0.25, -0.2) is 4.98 Å². The number of methoxy groups -OCH3 is 1. The van der Waals surface area contributed by atoms with E-state index in [1.807, 2.05) is 5.38 Å². The lowest BCUT2D eigenvalue weighted by Crippen LogP contribution is -2.32. The molecule has 2 aromatic rings. The molecular weight excluding hydrogens is 280 g/mol. The van der Waals surface area contributed by atoms with E-state index in [0.717, 1.165) is 5.01 Å². The Morgan fingerprint density at radius 1 is 1.55 bits per heavy atom. The summed E-state index contributed by atoms with van der Waals surface area (Å²) in [5, 5.41) is 11.8. The van der Waals surface area contributed by atoms with E-state index in [1.54, 1.807) is 25.4 Å². The third-order valence-corrected chi connectivity index (χ3v) is 3.39. The van der Waals surface area contributed by atoms with Crippen LogP contribution >= 0.6 is 11.3 Å². The van der Waals surface area contributed by atoms with Gasteiger partial charge in [-0.05, 0) is 12.1 Å². The molecule has 20 heavy (non-hydrogen) atoms. The second-order valence-electron chi connectivity index (χ2n) is 4.08. The molecule has 0 spiro atoms. The lowest BCUT2D eigenvalue weighted by molar-refractivity contribution is 0.0668. The third-order valence-electron chi connectivity index (χ3n) is 2.63. The number of aliphatic hydroxyl groups excluding tert-OH is 1. The molecule has 0 saturated carbocycles. The van der Waals surface area contributed by atoms with Crippen LogP contribution in [-0.4, -0.2) is 41.2 Å². The number of carbonyl (C=O) groups excluding carboxylic acids is 1. The summed E-state index contributed by atoms with van der Waals surface area (Å²) in [4.78, 5) is 18.0. The van der Waals surface area contributed by atoms with Gasteiger partial charge < -0.3 is 19.2 Å². The Balaban J connectivity index is 2.08. The summed E-state index contributed by atoms with van der Waals surface area (Å²) in [7, 11) is 1.56. The van der Waals surface area contributed by atoms with Gasteiger partial charge in [0.25, 0.3) is 5.91 Å². The molecule has 0 fully saturated rings. The molecule has 1 amide bonds. The summed E-state index contributed by atoms with van der Waals surface area (Å²) in [5.41, 5.74) is 0. The Kier molecular flexibility index (Phi) is 5.28. The van der Waals surface area contributed by atoms with Crippen LogP contribution in [0.2, 0.25) is 0 Å². The van der Waals surface area contributed by atoms with Crippen molar-refractivity contribution < 1.29 is 19.1 Å². The van der Waals surface area contributed by atoms with E-state index in [2.05, 4.69) is 4.98 Å². The van der Waals surface area contributed by atoms with Crippen LogP contribution in [0.25, 0.3) is 0 Å². The van der Waals surface area contributed by atoms with Crippen LogP contribution in [-0.2, 0) is 17.9 Å². The second kappa shape index (κ2) is 7.18. The predicted octanol–water partition coefficient (Wildman–Crippen LogP) is 1.52. The minimum Gasteiger partial charge on any atom is -0.453 e. The zero-order valence-electron chi connectivity index (χ0n) is 11.1. The van der Waals surface area contributed by atoms with E-state index in [4.69, 9.17) is 14.3 Å². The third kappa shape index (κ3) is 3.66. The van der Waals surface area contributed by atoms with E-state index in [9.17, 15) is 4.79 Å². The molecule has 2 rings (SSSR count). The molecule has 2 heterocycles. The quantitative estimate of drug-likeness (QED) is 0.838. The average molecular weight is 296 g/mol. The number of hydrogen-bond acceptors (Lipinski definition) is 6. The molecule has 0 saturated heterocycles. The number of amides is 1. The van der Waals surface area contributed by atoms with Crippen LogP contribution in [0.15, 0.2) is 28.1 Å². The van der Waals surface area contributed by atoms with Crippen molar-refractivity contribution in [1.82, 2.24) is 9.88 Å². The molecular formula is C13H16N2O4S. The zero-order valence-corrected chi connectivity index (χ0v) is 11.9. The van der Waals surface area contributed by atoms with Crippen molar-refractivity contribution in [1.29, 1.82) is 0 Å². The van der Waals surface area contributed by atoms with Crippen molar-refractivity contribution in [2.45, 2.75) is 13.2 Å². The minimum absolute atomic E-state index is 0.108. The number of nitrogens with zero attached hydrogens (tertiary/aromatic N) is 2. The van der Waals surface area contributed by atoms with Gasteiger partial charge in [0.2, 0.25) is 0 Å². The number of carbonyl (C=O) groups is 1. The van der Waals surface area contributed by atoms with Gasteiger partial charge in [0.1, 0.15) is 17.4 Å². The SMILES string of the molecule is COCc1ccc(C(=O)N(CCO)Cc2nccs2)o1. The smallest absolute Gasteiger partial charge is 0.290 e. The van der Waals surface area contributed by atoms with Gasteiger partial charge in [-0.1, -0.05) is 0 Å². The minimum atomic E-state index is -0.267. The number of furan rings is 1. The first kappa shape index (κ1) is 14.7. The fourth-order valence-corrected chi connectivity index (χ4v) is 2.37. The number of rotatable bonds is 7. The Labute approximate surface area is 120 Å². The van der Waals surface area contributed by atoms with Crippen molar-refractivity contribution >= 4 is 17.2 Å². The molecule has 0 unspecified atom stereocenters. The van der Waals surface area contributed by atoms with Crippen LogP contribution < -0.4 is 0 Å². The highest BCUT2D eigenvalue weighted by Gasteiger charge is 2.20. The first-order chi connectivity index (χ1) is 9.74. The Morgan fingerprint density at radius 2 is 2.40 bits per heavy atom. The zero-order chi connectivity index (χ0) is 14.4. The maximum absolute atomic E-state index is 12.3. The first-order valence-corrected chi connectivity index (χ1v) is 6.98. The lowest BCUT2D eigenvalue weighted by Gasteiger charge is -2.19. The van der Waals surface area contributed by atoms with Crippen molar-refractivity contribution in [3.05, 3.63) is 40.2 Å². The molecule has 0 atom stereocenters. The second-order valence-corrected chi connectivity index (χ2v) is 5.05. The van der Waals surface area contributed by atoms with Gasteiger partial charge in [0.05, 0.1) is 13.2 Å². The number of aliphatic hydroxyl groups is 1. The standard InChI is InChI=1S/C13H16N2O4S/c1-18-9-10-2-3-11(19-10)13(17)15(5-6-16)8-12-14-4-7-20-12/h2-4,7,16H,5-6,8-9H2,1H3. The molecule has 7 heteroatoms. The first-order valence-electron chi connectivity index (χ1n) is 6.10. The highest BCUT2D eigenvalue weighted by atomic mass is 32.1. The van der Waals surface area contributed by atoms with E-state index in [0.29, 0.717) is 18.9 Å². The van der Waals surface area contributed by atoms with Crippen molar-refractivity contribution in [3.63, 3.8) is 0 Å². The van der Waals surface area contributed by atoms with Crippen molar-refractivity contribution in [2.75, 3.05) is 20.3 Å². The molecule has 1 N–H and O–H groups in total. The number of thiazole rings is 1. The van der Waals surface area contributed by atoms with Crippen LogP contribution in [0.1, 0.15) is 21.3 Å². The maximum Gasteiger partial charge on any atom is 0.290 e. The summed E-state index contributed by atoms with van der Waals surface area (Å²) in [6.45, 7) is 0.804. The molecule has 0 aliphatic carbocycles. The van der Waals surface area contributed by atoms with Crippen LogP contribution in [0, 0.1) is 0 Å². The van der Waals surface area contributed by atoms with Crippen LogP contribution in [0.4, 0.5) is 0 Å². The molecule has 0 aliphatic rings. The highest BCUT2D eigenvalue weighted by molar-refractivity contribution is 7.09. The molecule has 6 nitrogen and oxygen atoms in total. The summed E-state index contributed by atoms with van der Waals surface area (Å²) in [6, 6.07) is 3.32. The molecule has 0 bridgehead atoms. The van der Waals surface area contributed by atoms with Gasteiger partial charge in [0.15, 0.2) is 5.76 Å². The lowest BCUT2D eigenvalue weighted by atomic mass is 10.3.